The fraction of sp³-hybridized carbons (Fsp3) is 0.0476. The van der Waals surface area contributed by atoms with E-state index in [4.69, 9.17) is 0 Å². The first-order valence-electron chi connectivity index (χ1n) is 7.38. The zero-order chi connectivity index (χ0) is 14.1. The lowest BCUT2D eigenvalue weighted by molar-refractivity contribution is 1.50. The standard InChI is InChI=1S/C21H16/c1-3-8-16(9-4-1)18-14-15-19(17-10-5-2-6-11-17)21-13-7-12-20(18)21/h1-6,8-15H,7H2. The van der Waals surface area contributed by atoms with Gasteiger partial charge in [-0.2, -0.15) is 0 Å². The van der Waals surface area contributed by atoms with Crippen molar-refractivity contribution in [1.29, 1.82) is 0 Å². The van der Waals surface area contributed by atoms with Crippen LogP contribution in [0.3, 0.4) is 0 Å². The maximum absolute atomic E-state index is 2.34. The third-order valence-corrected chi connectivity index (χ3v) is 4.10. The van der Waals surface area contributed by atoms with E-state index in [0.29, 0.717) is 0 Å². The van der Waals surface area contributed by atoms with Crippen LogP contribution in [0.2, 0.25) is 0 Å². The summed E-state index contributed by atoms with van der Waals surface area (Å²) in [6, 6.07) is 25.8. The minimum absolute atomic E-state index is 1.03. The molecule has 0 radical (unpaired) electrons. The highest BCUT2D eigenvalue weighted by atomic mass is 14.1. The second kappa shape index (κ2) is 5.06. The summed E-state index contributed by atoms with van der Waals surface area (Å²) < 4.78 is 0. The van der Waals surface area contributed by atoms with Gasteiger partial charge in [-0.25, -0.2) is 0 Å². The van der Waals surface area contributed by atoms with Gasteiger partial charge in [0.25, 0.3) is 0 Å². The van der Waals surface area contributed by atoms with Crippen molar-refractivity contribution >= 4 is 12.2 Å². The van der Waals surface area contributed by atoms with Gasteiger partial charge in [0, 0.05) is 0 Å². The maximum Gasteiger partial charge on any atom is -0.0108 e. The van der Waals surface area contributed by atoms with Crippen molar-refractivity contribution in [1.82, 2.24) is 0 Å². The average molecular weight is 268 g/mol. The zero-order valence-corrected chi connectivity index (χ0v) is 11.8. The van der Waals surface area contributed by atoms with Gasteiger partial charge in [-0.15, -0.1) is 0 Å². The lowest BCUT2D eigenvalue weighted by Gasteiger charge is -2.07. The molecule has 0 unspecified atom stereocenters. The molecule has 100 valence electrons. The third kappa shape index (κ3) is 2.09. The normalized spacial score (nSPS) is 12.4. The Hall–Kier alpha value is -2.60. The Morgan fingerprint density at radius 1 is 0.476 bits per heavy atom. The van der Waals surface area contributed by atoms with Crippen molar-refractivity contribution in [3.63, 3.8) is 0 Å². The Balaban J connectivity index is 1.98. The number of hydrogen-bond acceptors (Lipinski definition) is 0. The molecule has 0 aliphatic heterocycles. The Labute approximate surface area is 124 Å². The summed E-state index contributed by atoms with van der Waals surface area (Å²) in [6.07, 6.45) is 5.70. The van der Waals surface area contributed by atoms with E-state index in [1.165, 1.54) is 32.7 Å². The van der Waals surface area contributed by atoms with E-state index >= 15 is 0 Å². The van der Waals surface area contributed by atoms with Crippen LogP contribution in [0.4, 0.5) is 0 Å². The number of hydrogen-bond donors (Lipinski definition) is 0. The van der Waals surface area contributed by atoms with Crippen molar-refractivity contribution in [2.24, 2.45) is 0 Å². The van der Waals surface area contributed by atoms with Crippen molar-refractivity contribution < 1.29 is 0 Å². The van der Waals surface area contributed by atoms with Gasteiger partial charge < -0.3 is 0 Å². The Bertz CT molecular complexity index is 812. The average Bonchev–Trinajstić information content (AvgIpc) is 3.05. The molecule has 0 atom stereocenters. The van der Waals surface area contributed by atoms with Gasteiger partial charge in [0.05, 0.1) is 0 Å². The SMILES string of the molecule is C1=c2c(-c3ccccc3)ccc(-c3ccccc3)c2=CC1. The second-order valence-electron chi connectivity index (χ2n) is 5.36. The molecule has 1 aliphatic rings. The third-order valence-electron chi connectivity index (χ3n) is 4.10. The summed E-state index contributed by atoms with van der Waals surface area (Å²) in [5, 5.41) is 2.75. The van der Waals surface area contributed by atoms with Crippen molar-refractivity contribution in [3.05, 3.63) is 83.2 Å². The van der Waals surface area contributed by atoms with Gasteiger partial charge in [0.15, 0.2) is 0 Å². The first kappa shape index (κ1) is 12.2. The van der Waals surface area contributed by atoms with Crippen LogP contribution in [-0.2, 0) is 0 Å². The second-order valence-corrected chi connectivity index (χ2v) is 5.36. The molecule has 0 saturated carbocycles. The summed E-state index contributed by atoms with van der Waals surface area (Å²) >= 11 is 0. The molecule has 0 aromatic heterocycles. The highest BCUT2D eigenvalue weighted by Crippen LogP contribution is 2.20. The molecule has 0 N–H and O–H groups in total. The Morgan fingerprint density at radius 2 is 0.905 bits per heavy atom. The van der Waals surface area contributed by atoms with Gasteiger partial charge >= 0.3 is 0 Å². The topological polar surface area (TPSA) is 0 Å². The molecule has 0 spiro atoms. The van der Waals surface area contributed by atoms with Crippen LogP contribution in [0.5, 0.6) is 0 Å². The molecule has 21 heavy (non-hydrogen) atoms. The van der Waals surface area contributed by atoms with Crippen LogP contribution < -0.4 is 10.4 Å². The van der Waals surface area contributed by atoms with E-state index in [1.807, 2.05) is 0 Å². The van der Waals surface area contributed by atoms with Crippen molar-refractivity contribution in [2.45, 2.75) is 6.42 Å². The Morgan fingerprint density at radius 3 is 1.33 bits per heavy atom. The highest BCUT2D eigenvalue weighted by molar-refractivity contribution is 5.75. The molecule has 0 saturated heterocycles. The predicted octanol–water partition coefficient (Wildman–Crippen LogP) is 3.99. The monoisotopic (exact) mass is 268 g/mol. The minimum atomic E-state index is 1.03. The first-order chi connectivity index (χ1) is 10.4. The zero-order valence-electron chi connectivity index (χ0n) is 11.8. The molecule has 3 aromatic rings. The molecular formula is C21H16. The molecule has 0 heteroatoms. The van der Waals surface area contributed by atoms with E-state index in [0.717, 1.165) is 6.42 Å². The molecule has 0 bridgehead atoms. The van der Waals surface area contributed by atoms with Crippen LogP contribution >= 0.6 is 0 Å². The van der Waals surface area contributed by atoms with E-state index in [1.54, 1.807) is 0 Å². The van der Waals surface area contributed by atoms with E-state index in [-0.39, 0.29) is 0 Å². The molecular weight excluding hydrogens is 252 g/mol. The summed E-state index contributed by atoms with van der Waals surface area (Å²) in [4.78, 5) is 0. The van der Waals surface area contributed by atoms with Crippen LogP contribution in [0.1, 0.15) is 6.42 Å². The maximum atomic E-state index is 2.34. The molecule has 1 aliphatic carbocycles. The fourth-order valence-corrected chi connectivity index (χ4v) is 3.11. The lowest BCUT2D eigenvalue weighted by atomic mass is 9.96. The fourth-order valence-electron chi connectivity index (χ4n) is 3.11. The molecule has 3 aromatic carbocycles. The largest absolute Gasteiger partial charge is 0.0722 e. The van der Waals surface area contributed by atoms with Crippen LogP contribution in [0.25, 0.3) is 34.4 Å². The summed E-state index contributed by atoms with van der Waals surface area (Å²) in [7, 11) is 0. The van der Waals surface area contributed by atoms with Crippen molar-refractivity contribution in [2.75, 3.05) is 0 Å². The molecule has 0 nitrogen and oxygen atoms in total. The van der Waals surface area contributed by atoms with Gasteiger partial charge in [0.2, 0.25) is 0 Å². The number of rotatable bonds is 2. The quantitative estimate of drug-likeness (QED) is 0.659. The first-order valence-corrected chi connectivity index (χ1v) is 7.38. The molecule has 0 fully saturated rings. The van der Waals surface area contributed by atoms with Gasteiger partial charge in [-0.3, -0.25) is 0 Å². The summed E-state index contributed by atoms with van der Waals surface area (Å²) in [5.74, 6) is 0. The summed E-state index contributed by atoms with van der Waals surface area (Å²) in [5.41, 5.74) is 5.25. The lowest BCUT2D eigenvalue weighted by Crippen LogP contribution is -2.25. The van der Waals surface area contributed by atoms with E-state index < -0.39 is 0 Å². The van der Waals surface area contributed by atoms with Gasteiger partial charge in [-0.05, 0) is 39.1 Å². The number of benzene rings is 3. The van der Waals surface area contributed by atoms with Gasteiger partial charge in [-0.1, -0.05) is 84.9 Å². The smallest absolute Gasteiger partial charge is 0.0108 e. The van der Waals surface area contributed by atoms with Crippen LogP contribution in [0.15, 0.2) is 72.8 Å². The molecule has 4 rings (SSSR count). The summed E-state index contributed by atoms with van der Waals surface area (Å²) in [6.45, 7) is 0. The molecule has 0 amide bonds. The van der Waals surface area contributed by atoms with Crippen molar-refractivity contribution in [3.8, 4) is 22.3 Å². The van der Waals surface area contributed by atoms with Crippen LogP contribution in [0, 0.1) is 0 Å². The number of fused-ring (bicyclic) bond motifs is 1. The minimum Gasteiger partial charge on any atom is -0.0722 e. The van der Waals surface area contributed by atoms with E-state index in [2.05, 4.69) is 84.9 Å². The Kier molecular flexibility index (Phi) is 2.93. The molecule has 0 heterocycles. The predicted molar refractivity (Wildman–Crippen MR) is 90.1 cm³/mol. The van der Waals surface area contributed by atoms with Crippen LogP contribution in [-0.4, -0.2) is 0 Å². The van der Waals surface area contributed by atoms with Gasteiger partial charge in [0.1, 0.15) is 0 Å². The van der Waals surface area contributed by atoms with E-state index in [9.17, 15) is 0 Å². The highest BCUT2D eigenvalue weighted by Gasteiger charge is 2.08.